The van der Waals surface area contributed by atoms with Crippen LogP contribution in [0.15, 0.2) is 47.4 Å². The number of nitrogens with two attached hydrogens (primary N) is 1. The Morgan fingerprint density at radius 2 is 1.88 bits per heavy atom. The Balaban J connectivity index is 1.81. The minimum absolute atomic E-state index is 0.0726. The van der Waals surface area contributed by atoms with Crippen molar-refractivity contribution in [2.75, 3.05) is 5.32 Å². The maximum Gasteiger partial charge on any atom is 0.339 e. The third kappa shape index (κ3) is 3.57. The number of amides is 1. The summed E-state index contributed by atoms with van der Waals surface area (Å²) in [5, 5.41) is 8.06. The molecule has 26 heavy (non-hydrogen) atoms. The molecule has 1 aliphatic heterocycles. The maximum absolute atomic E-state index is 12.6. The summed E-state index contributed by atoms with van der Waals surface area (Å²) < 4.78 is 27.9. The van der Waals surface area contributed by atoms with Crippen molar-refractivity contribution in [3.05, 3.63) is 58.6 Å². The smallest absolute Gasteiger partial charge is 0.339 e. The number of cyclic esters (lactones) is 1. The summed E-state index contributed by atoms with van der Waals surface area (Å²) in [6, 6.07) is 10.2. The molecule has 0 bridgehead atoms. The number of fused-ring (bicyclic) bond motifs is 1. The van der Waals surface area contributed by atoms with E-state index in [0.717, 1.165) is 0 Å². The van der Waals surface area contributed by atoms with E-state index in [0.29, 0.717) is 21.8 Å². The third-order valence-corrected chi connectivity index (χ3v) is 5.22. The number of carbonyl (C=O) groups is 2. The van der Waals surface area contributed by atoms with Gasteiger partial charge in [0.15, 0.2) is 5.60 Å². The average molecular weight is 395 g/mol. The van der Waals surface area contributed by atoms with Gasteiger partial charge in [0.2, 0.25) is 10.0 Å². The van der Waals surface area contributed by atoms with E-state index < -0.39 is 27.5 Å². The van der Waals surface area contributed by atoms with Crippen molar-refractivity contribution >= 4 is 39.2 Å². The third-order valence-electron chi connectivity index (χ3n) is 4.06. The van der Waals surface area contributed by atoms with E-state index in [9.17, 15) is 18.0 Å². The lowest BCUT2D eigenvalue weighted by Gasteiger charge is -2.33. The Kier molecular flexibility index (Phi) is 4.51. The second kappa shape index (κ2) is 6.39. The molecule has 0 saturated carbocycles. The summed E-state index contributed by atoms with van der Waals surface area (Å²) >= 11 is 5.89. The highest BCUT2D eigenvalue weighted by atomic mass is 35.5. The van der Waals surface area contributed by atoms with Crippen LogP contribution >= 0.6 is 11.6 Å². The quantitative estimate of drug-likeness (QED) is 0.773. The summed E-state index contributed by atoms with van der Waals surface area (Å²) in [6.07, 6.45) is 0.187. The van der Waals surface area contributed by atoms with Crippen LogP contribution in [0.3, 0.4) is 0 Å². The molecule has 0 aliphatic carbocycles. The molecule has 1 amide bonds. The van der Waals surface area contributed by atoms with Gasteiger partial charge in [0, 0.05) is 17.1 Å². The van der Waals surface area contributed by atoms with Gasteiger partial charge in [0.1, 0.15) is 0 Å². The largest absolute Gasteiger partial charge is 0.445 e. The van der Waals surface area contributed by atoms with Crippen molar-refractivity contribution in [1.82, 2.24) is 0 Å². The first-order valence-corrected chi connectivity index (χ1v) is 9.47. The molecular formula is C17H15ClN2O5S. The molecule has 0 radical (unpaired) electrons. The molecular weight excluding hydrogens is 380 g/mol. The Morgan fingerprint density at radius 3 is 2.50 bits per heavy atom. The molecule has 7 nitrogen and oxygen atoms in total. The highest BCUT2D eigenvalue weighted by Gasteiger charge is 2.42. The average Bonchev–Trinajstić information content (AvgIpc) is 2.55. The molecule has 1 heterocycles. The van der Waals surface area contributed by atoms with Gasteiger partial charge in [-0.25, -0.2) is 18.4 Å². The first-order chi connectivity index (χ1) is 12.1. The number of esters is 1. The Bertz CT molecular complexity index is 1000. The van der Waals surface area contributed by atoms with E-state index in [1.807, 2.05) is 0 Å². The van der Waals surface area contributed by atoms with Crippen LogP contribution in [0.5, 0.6) is 0 Å². The SMILES string of the molecule is CC1(C(=O)Nc2ccc(S(N)(=O)=O)cc2)Cc2ccc(Cl)cc2C(=O)O1. The Morgan fingerprint density at radius 1 is 1.23 bits per heavy atom. The van der Waals surface area contributed by atoms with Crippen molar-refractivity contribution in [1.29, 1.82) is 0 Å². The standard InChI is InChI=1S/C17H15ClN2O5S/c1-17(9-10-2-3-11(18)8-14(10)15(21)25-17)16(22)20-12-4-6-13(7-5-12)26(19,23)24/h2-8H,9H2,1H3,(H,20,22)(H2,19,23,24). The van der Waals surface area contributed by atoms with Gasteiger partial charge in [-0.1, -0.05) is 17.7 Å². The highest BCUT2D eigenvalue weighted by molar-refractivity contribution is 7.89. The lowest BCUT2D eigenvalue weighted by molar-refractivity contribution is -0.134. The van der Waals surface area contributed by atoms with Crippen LogP contribution < -0.4 is 10.5 Å². The van der Waals surface area contributed by atoms with Crippen LogP contribution in [0.1, 0.15) is 22.8 Å². The molecule has 2 aromatic rings. The normalized spacial score (nSPS) is 19.4. The molecule has 0 saturated heterocycles. The predicted octanol–water partition coefficient (Wildman–Crippen LogP) is 2.10. The fourth-order valence-electron chi connectivity index (χ4n) is 2.67. The van der Waals surface area contributed by atoms with Crippen LogP contribution in [0.4, 0.5) is 5.69 Å². The second-order valence-electron chi connectivity index (χ2n) is 6.12. The van der Waals surface area contributed by atoms with Gasteiger partial charge >= 0.3 is 5.97 Å². The Hall–Kier alpha value is -2.42. The van der Waals surface area contributed by atoms with Crippen LogP contribution in [-0.2, 0) is 26.0 Å². The van der Waals surface area contributed by atoms with E-state index in [2.05, 4.69) is 5.32 Å². The van der Waals surface area contributed by atoms with E-state index in [1.165, 1.54) is 37.3 Å². The molecule has 0 spiro atoms. The highest BCUT2D eigenvalue weighted by Crippen LogP contribution is 2.31. The van der Waals surface area contributed by atoms with Gasteiger partial charge < -0.3 is 10.1 Å². The summed E-state index contributed by atoms with van der Waals surface area (Å²) in [5.74, 6) is -1.16. The van der Waals surface area contributed by atoms with Crippen LogP contribution in [-0.4, -0.2) is 25.9 Å². The van der Waals surface area contributed by atoms with Gasteiger partial charge in [0.05, 0.1) is 10.5 Å². The number of halogens is 1. The van der Waals surface area contributed by atoms with Crippen LogP contribution in [0, 0.1) is 0 Å². The van der Waals surface area contributed by atoms with Crippen LogP contribution in [0.25, 0.3) is 0 Å². The van der Waals surface area contributed by atoms with Crippen molar-refractivity contribution in [3.8, 4) is 0 Å². The number of carbonyl (C=O) groups excluding carboxylic acids is 2. The van der Waals surface area contributed by atoms with E-state index >= 15 is 0 Å². The summed E-state index contributed by atoms with van der Waals surface area (Å²) in [4.78, 5) is 24.8. The molecule has 1 aliphatic rings. The summed E-state index contributed by atoms with van der Waals surface area (Å²) in [7, 11) is -3.82. The fraction of sp³-hybridized carbons (Fsp3) is 0.176. The maximum atomic E-state index is 12.6. The zero-order chi connectivity index (χ0) is 19.1. The number of hydrogen-bond acceptors (Lipinski definition) is 5. The fourth-order valence-corrected chi connectivity index (χ4v) is 3.36. The van der Waals surface area contributed by atoms with Gasteiger partial charge in [-0.3, -0.25) is 4.79 Å². The van der Waals surface area contributed by atoms with E-state index in [1.54, 1.807) is 12.1 Å². The van der Waals surface area contributed by atoms with E-state index in [4.69, 9.17) is 21.5 Å². The van der Waals surface area contributed by atoms with Gasteiger partial charge in [-0.2, -0.15) is 0 Å². The number of anilines is 1. The topological polar surface area (TPSA) is 116 Å². The lowest BCUT2D eigenvalue weighted by Crippen LogP contribution is -2.48. The second-order valence-corrected chi connectivity index (χ2v) is 8.12. The minimum Gasteiger partial charge on any atom is -0.445 e. The zero-order valence-electron chi connectivity index (χ0n) is 13.7. The minimum atomic E-state index is -3.82. The predicted molar refractivity (Wildman–Crippen MR) is 95.4 cm³/mol. The van der Waals surface area contributed by atoms with Gasteiger partial charge in [0.25, 0.3) is 5.91 Å². The molecule has 3 rings (SSSR count). The lowest BCUT2D eigenvalue weighted by atomic mass is 9.89. The molecule has 9 heteroatoms. The number of sulfonamides is 1. The summed E-state index contributed by atoms with van der Waals surface area (Å²) in [5.41, 5.74) is -0.0639. The molecule has 0 aromatic heterocycles. The molecule has 1 unspecified atom stereocenters. The molecule has 2 aromatic carbocycles. The van der Waals surface area contributed by atoms with Crippen molar-refractivity contribution in [2.45, 2.75) is 23.8 Å². The van der Waals surface area contributed by atoms with Crippen molar-refractivity contribution < 1.29 is 22.7 Å². The van der Waals surface area contributed by atoms with Crippen LogP contribution in [0.2, 0.25) is 5.02 Å². The first kappa shape index (κ1) is 18.4. The zero-order valence-corrected chi connectivity index (χ0v) is 15.2. The number of rotatable bonds is 3. The monoisotopic (exact) mass is 394 g/mol. The number of primary sulfonamides is 1. The van der Waals surface area contributed by atoms with Gasteiger partial charge in [-0.15, -0.1) is 0 Å². The summed E-state index contributed by atoms with van der Waals surface area (Å²) in [6.45, 7) is 1.51. The number of hydrogen-bond donors (Lipinski definition) is 2. The Labute approximate surface area is 155 Å². The molecule has 1 atom stereocenters. The van der Waals surface area contributed by atoms with Crippen molar-refractivity contribution in [2.24, 2.45) is 5.14 Å². The molecule has 0 fully saturated rings. The number of benzene rings is 2. The molecule has 136 valence electrons. The van der Waals surface area contributed by atoms with E-state index in [-0.39, 0.29) is 11.3 Å². The van der Waals surface area contributed by atoms with Crippen molar-refractivity contribution in [3.63, 3.8) is 0 Å². The van der Waals surface area contributed by atoms with Gasteiger partial charge in [-0.05, 0) is 48.9 Å². The first-order valence-electron chi connectivity index (χ1n) is 7.55. The number of ether oxygens (including phenoxy) is 1. The number of nitrogens with one attached hydrogen (secondary N) is 1. The molecule has 3 N–H and O–H groups in total.